The van der Waals surface area contributed by atoms with Crippen LogP contribution < -0.4 is 0 Å². The Bertz CT molecular complexity index is 459. The molecule has 3 heteroatoms. The molecule has 0 radical (unpaired) electrons. The lowest BCUT2D eigenvalue weighted by Crippen LogP contribution is -1.95. The first-order valence-corrected chi connectivity index (χ1v) is 6.80. The Morgan fingerprint density at radius 2 is 1.88 bits per heavy atom. The van der Waals surface area contributed by atoms with E-state index in [1.165, 1.54) is 11.1 Å². The van der Waals surface area contributed by atoms with Crippen molar-refractivity contribution in [2.75, 3.05) is 0 Å². The summed E-state index contributed by atoms with van der Waals surface area (Å²) in [5.41, 5.74) is 2.49. The van der Waals surface area contributed by atoms with Crippen molar-refractivity contribution in [1.82, 2.24) is 0 Å². The van der Waals surface area contributed by atoms with Crippen LogP contribution in [0.3, 0.4) is 0 Å². The van der Waals surface area contributed by atoms with Crippen molar-refractivity contribution in [3.63, 3.8) is 0 Å². The van der Waals surface area contributed by atoms with Gasteiger partial charge in [0.15, 0.2) is 0 Å². The van der Waals surface area contributed by atoms with Crippen LogP contribution in [-0.2, 0) is 6.42 Å². The van der Waals surface area contributed by atoms with Gasteiger partial charge in [0, 0.05) is 4.47 Å². The first-order chi connectivity index (χ1) is 7.66. The second-order valence-electron chi connectivity index (χ2n) is 3.77. The highest BCUT2D eigenvalue weighted by atomic mass is 79.9. The van der Waals surface area contributed by atoms with Gasteiger partial charge in [-0.3, -0.25) is 0 Å². The summed E-state index contributed by atoms with van der Waals surface area (Å²) in [6.45, 7) is 2.06. The summed E-state index contributed by atoms with van der Waals surface area (Å²) in [6.07, 6.45) is 2.67. The van der Waals surface area contributed by atoms with Gasteiger partial charge in [0.05, 0.1) is 11.1 Å². The molecule has 1 unspecified atom stereocenters. The Hall–Kier alpha value is -0.540. The van der Waals surface area contributed by atoms with Gasteiger partial charge in [-0.2, -0.15) is 0 Å². The Morgan fingerprint density at radius 1 is 1.19 bits per heavy atom. The summed E-state index contributed by atoms with van der Waals surface area (Å²) in [7, 11) is 0. The minimum absolute atomic E-state index is 0.240. The molecule has 0 saturated heterocycles. The summed E-state index contributed by atoms with van der Waals surface area (Å²) in [5, 5.41) is 0. The maximum Gasteiger partial charge on any atom is 0.120 e. The third kappa shape index (κ3) is 2.77. The van der Waals surface area contributed by atoms with E-state index >= 15 is 0 Å². The van der Waals surface area contributed by atoms with E-state index in [-0.39, 0.29) is 4.83 Å². The van der Waals surface area contributed by atoms with Crippen LogP contribution in [0.4, 0.5) is 0 Å². The van der Waals surface area contributed by atoms with Gasteiger partial charge >= 0.3 is 0 Å². The molecule has 0 aliphatic carbocycles. The van der Waals surface area contributed by atoms with Gasteiger partial charge in [-0.05, 0) is 42.7 Å². The van der Waals surface area contributed by atoms with Crippen molar-refractivity contribution in [2.45, 2.75) is 18.2 Å². The third-order valence-electron chi connectivity index (χ3n) is 2.51. The SMILES string of the molecule is Cc1ccoc1C(Br)Cc1ccc(Br)cc1. The normalized spacial score (nSPS) is 12.7. The summed E-state index contributed by atoms with van der Waals surface area (Å²) in [4.78, 5) is 0.240. The van der Waals surface area contributed by atoms with E-state index in [1.54, 1.807) is 6.26 Å². The lowest BCUT2D eigenvalue weighted by molar-refractivity contribution is 0.504. The average Bonchev–Trinajstić information content (AvgIpc) is 2.68. The van der Waals surface area contributed by atoms with E-state index in [2.05, 4.69) is 63.0 Å². The maximum atomic E-state index is 5.47. The number of hydrogen-bond donors (Lipinski definition) is 0. The molecular weight excluding hydrogens is 332 g/mol. The largest absolute Gasteiger partial charge is 0.468 e. The summed E-state index contributed by atoms with van der Waals surface area (Å²) in [5.74, 6) is 1.02. The molecule has 84 valence electrons. The summed E-state index contributed by atoms with van der Waals surface area (Å²) >= 11 is 7.10. The molecule has 1 aromatic heterocycles. The van der Waals surface area contributed by atoms with Gasteiger partial charge in [0.25, 0.3) is 0 Å². The first-order valence-electron chi connectivity index (χ1n) is 5.09. The monoisotopic (exact) mass is 342 g/mol. The number of benzene rings is 1. The Labute approximate surface area is 112 Å². The highest BCUT2D eigenvalue weighted by Crippen LogP contribution is 2.30. The van der Waals surface area contributed by atoms with Crippen molar-refractivity contribution in [3.05, 3.63) is 58.0 Å². The molecule has 0 fully saturated rings. The maximum absolute atomic E-state index is 5.47. The molecule has 1 nitrogen and oxygen atoms in total. The highest BCUT2D eigenvalue weighted by Gasteiger charge is 2.14. The highest BCUT2D eigenvalue weighted by molar-refractivity contribution is 9.10. The van der Waals surface area contributed by atoms with Crippen LogP contribution in [0, 0.1) is 6.92 Å². The molecule has 2 aromatic rings. The molecule has 2 rings (SSSR count). The van der Waals surface area contributed by atoms with Crippen molar-refractivity contribution >= 4 is 31.9 Å². The van der Waals surface area contributed by atoms with Gasteiger partial charge < -0.3 is 4.42 Å². The fourth-order valence-corrected chi connectivity index (χ4v) is 2.73. The van der Waals surface area contributed by atoms with E-state index in [4.69, 9.17) is 4.42 Å². The van der Waals surface area contributed by atoms with Crippen LogP contribution in [0.15, 0.2) is 45.5 Å². The van der Waals surface area contributed by atoms with Crippen molar-refractivity contribution in [2.24, 2.45) is 0 Å². The quantitative estimate of drug-likeness (QED) is 0.712. The Morgan fingerprint density at radius 3 is 2.44 bits per heavy atom. The van der Waals surface area contributed by atoms with E-state index in [0.717, 1.165) is 16.7 Å². The van der Waals surface area contributed by atoms with Crippen LogP contribution in [0.2, 0.25) is 0 Å². The van der Waals surface area contributed by atoms with Gasteiger partial charge in [-0.25, -0.2) is 0 Å². The number of alkyl halides is 1. The smallest absolute Gasteiger partial charge is 0.120 e. The molecule has 0 saturated carbocycles. The zero-order chi connectivity index (χ0) is 11.5. The van der Waals surface area contributed by atoms with E-state index in [9.17, 15) is 0 Å². The van der Waals surface area contributed by atoms with Gasteiger partial charge in [0.2, 0.25) is 0 Å². The average molecular weight is 344 g/mol. The number of halogens is 2. The predicted molar refractivity (Wildman–Crippen MR) is 73.0 cm³/mol. The fraction of sp³-hybridized carbons (Fsp3) is 0.231. The van der Waals surface area contributed by atoms with Gasteiger partial charge in [-0.15, -0.1) is 0 Å². The third-order valence-corrected chi connectivity index (χ3v) is 3.78. The molecule has 0 amide bonds. The number of hydrogen-bond acceptors (Lipinski definition) is 1. The Kier molecular flexibility index (Phi) is 3.87. The van der Waals surface area contributed by atoms with Crippen LogP contribution in [0.1, 0.15) is 21.7 Å². The standard InChI is InChI=1S/C13H12Br2O/c1-9-6-7-16-13(9)12(15)8-10-2-4-11(14)5-3-10/h2-7,12H,8H2,1H3. The Balaban J connectivity index is 2.10. The molecule has 0 N–H and O–H groups in total. The van der Waals surface area contributed by atoms with Crippen molar-refractivity contribution < 1.29 is 4.42 Å². The molecule has 0 aliphatic rings. The van der Waals surface area contributed by atoms with E-state index < -0.39 is 0 Å². The molecule has 1 aromatic carbocycles. The number of aryl methyl sites for hydroxylation is 1. The van der Waals surface area contributed by atoms with Crippen LogP contribution in [0.5, 0.6) is 0 Å². The van der Waals surface area contributed by atoms with Crippen LogP contribution in [0.25, 0.3) is 0 Å². The fourth-order valence-electron chi connectivity index (χ4n) is 1.63. The summed E-state index contributed by atoms with van der Waals surface area (Å²) < 4.78 is 6.57. The minimum Gasteiger partial charge on any atom is -0.468 e. The molecule has 0 aliphatic heterocycles. The van der Waals surface area contributed by atoms with Crippen LogP contribution >= 0.6 is 31.9 Å². The lowest BCUT2D eigenvalue weighted by atomic mass is 10.1. The second kappa shape index (κ2) is 5.19. The topological polar surface area (TPSA) is 13.1 Å². The zero-order valence-corrected chi connectivity index (χ0v) is 12.1. The van der Waals surface area contributed by atoms with Crippen molar-refractivity contribution in [3.8, 4) is 0 Å². The zero-order valence-electron chi connectivity index (χ0n) is 8.91. The van der Waals surface area contributed by atoms with E-state index in [1.807, 2.05) is 6.07 Å². The molecule has 0 bridgehead atoms. The van der Waals surface area contributed by atoms with Crippen LogP contribution in [-0.4, -0.2) is 0 Å². The van der Waals surface area contributed by atoms with Crippen molar-refractivity contribution in [1.29, 1.82) is 0 Å². The summed E-state index contributed by atoms with van der Waals surface area (Å²) in [6, 6.07) is 10.4. The molecule has 0 spiro atoms. The second-order valence-corrected chi connectivity index (χ2v) is 5.79. The van der Waals surface area contributed by atoms with Gasteiger partial charge in [-0.1, -0.05) is 44.0 Å². The molecule has 1 heterocycles. The number of rotatable bonds is 3. The predicted octanol–water partition coefficient (Wildman–Crippen LogP) is 5.03. The molecular formula is C13H12Br2O. The molecule has 16 heavy (non-hydrogen) atoms. The number of furan rings is 1. The van der Waals surface area contributed by atoms with Gasteiger partial charge in [0.1, 0.15) is 5.76 Å². The molecule has 1 atom stereocenters. The lowest BCUT2D eigenvalue weighted by Gasteiger charge is -2.08. The minimum atomic E-state index is 0.240. The van der Waals surface area contributed by atoms with E-state index in [0.29, 0.717) is 0 Å². The first kappa shape index (κ1) is 11.9.